The molecule has 2 N–H and O–H groups in total. The van der Waals surface area contributed by atoms with Gasteiger partial charge in [-0.1, -0.05) is 19.1 Å². The highest BCUT2D eigenvalue weighted by molar-refractivity contribution is 5.94. The van der Waals surface area contributed by atoms with E-state index in [1.165, 1.54) is 18.2 Å². The van der Waals surface area contributed by atoms with Crippen molar-refractivity contribution in [1.82, 2.24) is 5.32 Å². The van der Waals surface area contributed by atoms with E-state index in [-0.39, 0.29) is 17.5 Å². The van der Waals surface area contributed by atoms with Gasteiger partial charge in [0.2, 0.25) is 0 Å². The molecule has 0 aliphatic carbocycles. The molecule has 1 unspecified atom stereocenters. The number of rotatable bonds is 6. The van der Waals surface area contributed by atoms with Crippen LogP contribution >= 0.6 is 0 Å². The van der Waals surface area contributed by atoms with E-state index in [9.17, 15) is 9.18 Å². The van der Waals surface area contributed by atoms with Crippen molar-refractivity contribution in [1.29, 1.82) is 5.26 Å². The summed E-state index contributed by atoms with van der Waals surface area (Å²) >= 11 is 0. The van der Waals surface area contributed by atoms with Gasteiger partial charge in [0.05, 0.1) is 11.3 Å². The molecule has 0 saturated heterocycles. The highest BCUT2D eigenvalue weighted by Gasteiger charge is 2.09. The topological polar surface area (TPSA) is 64.9 Å². The second kappa shape index (κ2) is 8.11. The molecule has 124 valence electrons. The SMILES string of the molecule is CCC(C)NC(=O)c1cccc(CNc2ccc(F)cc2C#N)c1. The first-order valence-corrected chi connectivity index (χ1v) is 7.86. The highest BCUT2D eigenvalue weighted by Crippen LogP contribution is 2.17. The molecule has 4 nitrogen and oxygen atoms in total. The maximum Gasteiger partial charge on any atom is 0.251 e. The molecule has 0 spiro atoms. The highest BCUT2D eigenvalue weighted by atomic mass is 19.1. The Morgan fingerprint density at radius 3 is 2.79 bits per heavy atom. The minimum Gasteiger partial charge on any atom is -0.380 e. The summed E-state index contributed by atoms with van der Waals surface area (Å²) in [7, 11) is 0. The first kappa shape index (κ1) is 17.5. The van der Waals surface area contributed by atoms with Crippen LogP contribution in [0.3, 0.4) is 0 Å². The summed E-state index contributed by atoms with van der Waals surface area (Å²) in [6.45, 7) is 4.41. The average molecular weight is 325 g/mol. The van der Waals surface area contributed by atoms with Crippen LogP contribution in [0, 0.1) is 17.1 Å². The van der Waals surface area contributed by atoms with Crippen LogP contribution in [0.25, 0.3) is 0 Å². The summed E-state index contributed by atoms with van der Waals surface area (Å²) in [4.78, 5) is 12.2. The lowest BCUT2D eigenvalue weighted by molar-refractivity contribution is 0.0939. The van der Waals surface area contributed by atoms with E-state index >= 15 is 0 Å². The van der Waals surface area contributed by atoms with Crippen molar-refractivity contribution in [2.24, 2.45) is 0 Å². The minimum absolute atomic E-state index is 0.106. The number of anilines is 1. The van der Waals surface area contributed by atoms with Gasteiger partial charge in [0.25, 0.3) is 5.91 Å². The molecule has 2 aromatic carbocycles. The Morgan fingerprint density at radius 1 is 1.29 bits per heavy atom. The van der Waals surface area contributed by atoms with Gasteiger partial charge in [-0.15, -0.1) is 0 Å². The number of benzene rings is 2. The van der Waals surface area contributed by atoms with Crippen LogP contribution in [0.15, 0.2) is 42.5 Å². The predicted octanol–water partition coefficient (Wildman–Crippen LogP) is 3.84. The number of carbonyl (C=O) groups is 1. The standard InChI is InChI=1S/C19H20FN3O/c1-3-13(2)23-19(24)15-6-4-5-14(9-15)12-22-18-8-7-17(20)10-16(18)11-21/h4-10,13,22H,3,12H2,1-2H3,(H,23,24). The summed E-state index contributed by atoms with van der Waals surface area (Å²) < 4.78 is 13.1. The molecule has 0 radical (unpaired) electrons. The molecule has 0 heterocycles. The van der Waals surface area contributed by atoms with Crippen LogP contribution in [-0.4, -0.2) is 11.9 Å². The lowest BCUT2D eigenvalue weighted by atomic mass is 10.1. The number of carbonyl (C=O) groups excluding carboxylic acids is 1. The van der Waals surface area contributed by atoms with Crippen LogP contribution in [0.2, 0.25) is 0 Å². The molecule has 0 fully saturated rings. The van der Waals surface area contributed by atoms with E-state index in [0.717, 1.165) is 12.0 Å². The van der Waals surface area contributed by atoms with Crippen molar-refractivity contribution in [3.63, 3.8) is 0 Å². The minimum atomic E-state index is -0.444. The molecular weight excluding hydrogens is 305 g/mol. The summed E-state index contributed by atoms with van der Waals surface area (Å²) in [5, 5.41) is 15.1. The first-order valence-electron chi connectivity index (χ1n) is 7.86. The molecule has 2 aromatic rings. The fraction of sp³-hybridized carbons (Fsp3) is 0.263. The zero-order valence-corrected chi connectivity index (χ0v) is 13.8. The molecule has 0 aliphatic rings. The van der Waals surface area contributed by atoms with Crippen molar-refractivity contribution in [3.05, 3.63) is 65.0 Å². The maximum atomic E-state index is 13.1. The Bertz CT molecular complexity index is 767. The third-order valence-electron chi connectivity index (χ3n) is 3.76. The fourth-order valence-corrected chi connectivity index (χ4v) is 2.19. The molecule has 0 aliphatic heterocycles. The van der Waals surface area contributed by atoms with Gasteiger partial charge < -0.3 is 10.6 Å². The second-order valence-corrected chi connectivity index (χ2v) is 5.64. The largest absolute Gasteiger partial charge is 0.380 e. The Hall–Kier alpha value is -2.87. The number of hydrogen-bond acceptors (Lipinski definition) is 3. The van der Waals surface area contributed by atoms with Crippen molar-refractivity contribution < 1.29 is 9.18 Å². The van der Waals surface area contributed by atoms with E-state index in [1.54, 1.807) is 12.1 Å². The zero-order valence-electron chi connectivity index (χ0n) is 13.8. The van der Waals surface area contributed by atoms with Gasteiger partial charge in [-0.3, -0.25) is 4.79 Å². The van der Waals surface area contributed by atoms with Crippen LogP contribution in [0.4, 0.5) is 10.1 Å². The third-order valence-corrected chi connectivity index (χ3v) is 3.76. The van der Waals surface area contributed by atoms with Crippen LogP contribution in [0.5, 0.6) is 0 Å². The molecule has 0 aromatic heterocycles. The Kier molecular flexibility index (Phi) is 5.91. The van der Waals surface area contributed by atoms with Gasteiger partial charge >= 0.3 is 0 Å². The monoisotopic (exact) mass is 325 g/mol. The zero-order chi connectivity index (χ0) is 17.5. The van der Waals surface area contributed by atoms with Gasteiger partial charge in [-0.25, -0.2) is 4.39 Å². The predicted molar refractivity (Wildman–Crippen MR) is 92.1 cm³/mol. The quantitative estimate of drug-likeness (QED) is 0.848. The van der Waals surface area contributed by atoms with Crippen LogP contribution < -0.4 is 10.6 Å². The van der Waals surface area contributed by atoms with Gasteiger partial charge in [-0.2, -0.15) is 5.26 Å². The Morgan fingerprint density at radius 2 is 2.08 bits per heavy atom. The van der Waals surface area contributed by atoms with Crippen molar-refractivity contribution >= 4 is 11.6 Å². The van der Waals surface area contributed by atoms with Crippen LogP contribution in [0.1, 0.15) is 41.8 Å². The van der Waals surface area contributed by atoms with E-state index in [0.29, 0.717) is 17.8 Å². The fourth-order valence-electron chi connectivity index (χ4n) is 2.19. The number of halogens is 1. The summed E-state index contributed by atoms with van der Waals surface area (Å²) in [6.07, 6.45) is 0.870. The summed E-state index contributed by atoms with van der Waals surface area (Å²) in [5.41, 5.74) is 2.31. The maximum absolute atomic E-state index is 13.1. The summed E-state index contributed by atoms with van der Waals surface area (Å²) in [5.74, 6) is -0.550. The molecule has 24 heavy (non-hydrogen) atoms. The molecule has 1 amide bonds. The summed E-state index contributed by atoms with van der Waals surface area (Å²) in [6, 6.07) is 13.4. The molecular formula is C19H20FN3O. The number of hydrogen-bond donors (Lipinski definition) is 2. The van der Waals surface area contributed by atoms with Crippen molar-refractivity contribution in [2.75, 3.05) is 5.32 Å². The third kappa shape index (κ3) is 4.56. The van der Waals surface area contributed by atoms with E-state index < -0.39 is 5.82 Å². The normalized spacial score (nSPS) is 11.4. The van der Waals surface area contributed by atoms with E-state index in [1.807, 2.05) is 32.0 Å². The Labute approximate surface area is 141 Å². The molecule has 1 atom stereocenters. The van der Waals surface area contributed by atoms with Crippen LogP contribution in [-0.2, 0) is 6.54 Å². The van der Waals surface area contributed by atoms with E-state index in [2.05, 4.69) is 10.6 Å². The second-order valence-electron chi connectivity index (χ2n) is 5.64. The van der Waals surface area contributed by atoms with Crippen molar-refractivity contribution in [2.45, 2.75) is 32.9 Å². The molecule has 0 bridgehead atoms. The first-order chi connectivity index (χ1) is 11.5. The van der Waals surface area contributed by atoms with Crippen molar-refractivity contribution in [3.8, 4) is 6.07 Å². The van der Waals surface area contributed by atoms with Gasteiger partial charge in [0.1, 0.15) is 11.9 Å². The lowest BCUT2D eigenvalue weighted by Gasteiger charge is -2.13. The molecule has 0 saturated carbocycles. The smallest absolute Gasteiger partial charge is 0.251 e. The number of amides is 1. The number of nitrogens with one attached hydrogen (secondary N) is 2. The van der Waals surface area contributed by atoms with Gasteiger partial charge in [0, 0.05) is 18.2 Å². The van der Waals surface area contributed by atoms with Gasteiger partial charge in [0.15, 0.2) is 0 Å². The number of nitriles is 1. The van der Waals surface area contributed by atoms with E-state index in [4.69, 9.17) is 5.26 Å². The molecule has 5 heteroatoms. The Balaban J connectivity index is 2.08. The van der Waals surface area contributed by atoms with Gasteiger partial charge in [-0.05, 0) is 49.2 Å². The lowest BCUT2D eigenvalue weighted by Crippen LogP contribution is -2.31. The average Bonchev–Trinajstić information content (AvgIpc) is 2.60. The number of nitrogens with zero attached hydrogens (tertiary/aromatic N) is 1. The molecule has 2 rings (SSSR count).